The third-order valence-corrected chi connectivity index (χ3v) is 6.94. The van der Waals surface area contributed by atoms with Gasteiger partial charge in [-0.15, -0.1) is 20.0 Å². The van der Waals surface area contributed by atoms with E-state index in [1.54, 1.807) is 4.57 Å². The number of carbonyl (C=O) groups is 1. The third-order valence-electron chi connectivity index (χ3n) is 6.94. The van der Waals surface area contributed by atoms with Crippen molar-refractivity contribution in [1.29, 1.82) is 0 Å². The van der Waals surface area contributed by atoms with Crippen LogP contribution in [0.3, 0.4) is 0 Å². The predicted molar refractivity (Wildman–Crippen MR) is 142 cm³/mol. The molecule has 2 aromatic heterocycles. The van der Waals surface area contributed by atoms with Crippen LogP contribution in [0, 0.1) is 5.92 Å². The smallest absolute Gasteiger partial charge is 0.272 e. The Labute approximate surface area is 215 Å². The lowest BCUT2D eigenvalue weighted by atomic mass is 9.87. The van der Waals surface area contributed by atoms with Crippen molar-refractivity contribution in [3.63, 3.8) is 0 Å². The molecule has 2 heterocycles. The van der Waals surface area contributed by atoms with Gasteiger partial charge in [0, 0.05) is 12.0 Å². The Hall–Kier alpha value is -4.14. The fourth-order valence-electron chi connectivity index (χ4n) is 4.97. The Morgan fingerprint density at radius 2 is 1.81 bits per heavy atom. The molecule has 0 radical (unpaired) electrons. The Bertz CT molecular complexity index is 1430. The molecule has 1 N–H and O–H groups in total. The Balaban J connectivity index is 1.40. The van der Waals surface area contributed by atoms with E-state index in [2.05, 4.69) is 25.7 Å². The van der Waals surface area contributed by atoms with Crippen molar-refractivity contribution in [3.05, 3.63) is 76.5 Å². The van der Waals surface area contributed by atoms with Gasteiger partial charge in [0.15, 0.2) is 5.82 Å². The molecule has 1 fully saturated rings. The molecule has 9 heteroatoms. The van der Waals surface area contributed by atoms with E-state index in [4.69, 9.17) is 0 Å². The highest BCUT2D eigenvalue weighted by Gasteiger charge is 2.22. The van der Waals surface area contributed by atoms with Gasteiger partial charge in [0.25, 0.3) is 5.91 Å². The molecule has 1 saturated carbocycles. The first-order valence-electron chi connectivity index (χ1n) is 13.0. The number of allylic oxidation sites excluding steroid dienone is 1. The quantitative estimate of drug-likeness (QED) is 0.368. The standard InChI is InChI=1S/C28H31N7O2/c1-2-3-13-25-31-35(26(36)18-20-9-5-4-6-10-20)28(37)34(25)19-21-14-16-22(17-15-21)23-11-7-8-12-24(23)27-29-32-33-30-27/h3,7-8,11-17,20H,2,4-6,9-10,18-19H2,1H3,(H,29,30,32,33)/b13-3+. The first kappa shape index (κ1) is 24.5. The van der Waals surface area contributed by atoms with Crippen molar-refractivity contribution in [2.75, 3.05) is 0 Å². The number of aromatic nitrogens is 7. The fourth-order valence-corrected chi connectivity index (χ4v) is 4.97. The van der Waals surface area contributed by atoms with Crippen molar-refractivity contribution in [3.8, 4) is 22.5 Å². The molecule has 9 nitrogen and oxygen atoms in total. The van der Waals surface area contributed by atoms with E-state index in [1.165, 1.54) is 6.42 Å². The number of carbonyl (C=O) groups excluding carboxylic acids is 1. The highest BCUT2D eigenvalue weighted by atomic mass is 16.2. The molecule has 0 unspecified atom stereocenters. The topological polar surface area (TPSA) is 111 Å². The van der Waals surface area contributed by atoms with Crippen LogP contribution in [-0.4, -0.2) is 40.9 Å². The zero-order chi connectivity index (χ0) is 25.6. The van der Waals surface area contributed by atoms with Gasteiger partial charge in [0.1, 0.15) is 0 Å². The molecule has 1 aliphatic rings. The minimum atomic E-state index is -0.386. The molecule has 4 aromatic rings. The molecular formula is C28H31N7O2. The number of benzene rings is 2. The van der Waals surface area contributed by atoms with Crippen LogP contribution in [0.25, 0.3) is 28.6 Å². The Morgan fingerprint density at radius 3 is 2.51 bits per heavy atom. The molecule has 0 aliphatic heterocycles. The maximum atomic E-state index is 13.3. The minimum Gasteiger partial charge on any atom is -0.272 e. The van der Waals surface area contributed by atoms with Crippen molar-refractivity contribution in [2.24, 2.45) is 5.92 Å². The molecule has 37 heavy (non-hydrogen) atoms. The summed E-state index contributed by atoms with van der Waals surface area (Å²) in [5, 5.41) is 18.8. The number of rotatable bonds is 8. The predicted octanol–water partition coefficient (Wildman–Crippen LogP) is 4.97. The first-order chi connectivity index (χ1) is 18.1. The number of hydrogen-bond acceptors (Lipinski definition) is 6. The second kappa shape index (κ2) is 11.3. The average Bonchev–Trinajstić information content (AvgIpc) is 3.57. The van der Waals surface area contributed by atoms with Crippen LogP contribution < -0.4 is 5.69 Å². The van der Waals surface area contributed by atoms with Crippen LogP contribution in [0.4, 0.5) is 0 Å². The molecule has 190 valence electrons. The molecule has 1 aliphatic carbocycles. The summed E-state index contributed by atoms with van der Waals surface area (Å²) in [5.41, 5.74) is 3.42. The summed E-state index contributed by atoms with van der Waals surface area (Å²) in [6.45, 7) is 2.35. The van der Waals surface area contributed by atoms with E-state index in [-0.39, 0.29) is 11.6 Å². The molecule has 0 saturated heterocycles. The molecular weight excluding hydrogens is 466 g/mol. The van der Waals surface area contributed by atoms with Crippen LogP contribution in [0.5, 0.6) is 0 Å². The highest BCUT2D eigenvalue weighted by Crippen LogP contribution is 2.30. The van der Waals surface area contributed by atoms with Gasteiger partial charge in [0.2, 0.25) is 5.82 Å². The lowest BCUT2D eigenvalue weighted by molar-refractivity contribution is 0.0846. The van der Waals surface area contributed by atoms with E-state index >= 15 is 0 Å². The first-order valence-corrected chi connectivity index (χ1v) is 13.0. The third kappa shape index (κ3) is 5.50. The summed E-state index contributed by atoms with van der Waals surface area (Å²) in [5.74, 6) is 1.16. The van der Waals surface area contributed by atoms with Crippen molar-refractivity contribution < 1.29 is 4.79 Å². The zero-order valence-corrected chi connectivity index (χ0v) is 21.0. The molecule has 5 rings (SSSR count). The van der Waals surface area contributed by atoms with Gasteiger partial charge in [-0.1, -0.05) is 80.8 Å². The van der Waals surface area contributed by atoms with Gasteiger partial charge < -0.3 is 0 Å². The van der Waals surface area contributed by atoms with E-state index in [0.29, 0.717) is 30.5 Å². The summed E-state index contributed by atoms with van der Waals surface area (Å²) in [4.78, 5) is 26.3. The normalized spacial score (nSPS) is 14.4. The zero-order valence-electron chi connectivity index (χ0n) is 21.0. The van der Waals surface area contributed by atoms with Gasteiger partial charge in [0.05, 0.1) is 6.54 Å². The van der Waals surface area contributed by atoms with Crippen LogP contribution in [0.15, 0.2) is 59.4 Å². The minimum absolute atomic E-state index is 0.213. The van der Waals surface area contributed by atoms with Crippen molar-refractivity contribution >= 4 is 12.0 Å². The summed E-state index contributed by atoms with van der Waals surface area (Å²) in [7, 11) is 0. The SMILES string of the molecule is CC/C=C/c1nn(C(=O)CC2CCCCC2)c(=O)n1Cc1ccc(-c2ccccc2-c2nn[nH]n2)cc1. The number of H-pyrrole nitrogens is 1. The van der Waals surface area contributed by atoms with Gasteiger partial charge in [-0.2, -0.15) is 5.21 Å². The number of aromatic amines is 1. The molecule has 2 aromatic carbocycles. The maximum Gasteiger partial charge on any atom is 0.353 e. The largest absolute Gasteiger partial charge is 0.353 e. The Kier molecular flexibility index (Phi) is 7.49. The van der Waals surface area contributed by atoms with Gasteiger partial charge in [-0.3, -0.25) is 9.36 Å². The lowest BCUT2D eigenvalue weighted by Gasteiger charge is -2.20. The van der Waals surface area contributed by atoms with E-state index in [0.717, 1.165) is 59.0 Å². The molecule has 0 atom stereocenters. The van der Waals surface area contributed by atoms with Crippen LogP contribution in [0.1, 0.15) is 68.1 Å². The van der Waals surface area contributed by atoms with Gasteiger partial charge >= 0.3 is 5.69 Å². The number of nitrogens with zero attached hydrogens (tertiary/aromatic N) is 6. The van der Waals surface area contributed by atoms with Gasteiger partial charge in [-0.25, -0.2) is 4.79 Å². The van der Waals surface area contributed by atoms with E-state index in [1.807, 2.05) is 67.6 Å². The van der Waals surface area contributed by atoms with Crippen molar-refractivity contribution in [2.45, 2.75) is 58.4 Å². The lowest BCUT2D eigenvalue weighted by Crippen LogP contribution is -2.31. The molecule has 0 amide bonds. The van der Waals surface area contributed by atoms with E-state index < -0.39 is 0 Å². The summed E-state index contributed by atoms with van der Waals surface area (Å²) in [6, 6.07) is 15.9. The maximum absolute atomic E-state index is 13.3. The summed E-state index contributed by atoms with van der Waals surface area (Å²) < 4.78 is 2.65. The summed E-state index contributed by atoms with van der Waals surface area (Å²) >= 11 is 0. The van der Waals surface area contributed by atoms with Crippen LogP contribution in [-0.2, 0) is 6.54 Å². The number of tetrazole rings is 1. The fraction of sp³-hybridized carbons (Fsp3) is 0.357. The second-order valence-electron chi connectivity index (χ2n) is 9.53. The van der Waals surface area contributed by atoms with Crippen LogP contribution in [0.2, 0.25) is 0 Å². The molecule has 0 bridgehead atoms. The number of nitrogens with one attached hydrogen (secondary N) is 1. The highest BCUT2D eigenvalue weighted by molar-refractivity contribution is 5.80. The van der Waals surface area contributed by atoms with Gasteiger partial charge in [-0.05, 0) is 53.2 Å². The monoisotopic (exact) mass is 497 g/mol. The number of hydrogen-bond donors (Lipinski definition) is 1. The summed E-state index contributed by atoms with van der Waals surface area (Å²) in [6.07, 6.45) is 10.6. The second-order valence-corrected chi connectivity index (χ2v) is 9.53. The Morgan fingerprint density at radius 1 is 1.05 bits per heavy atom. The van der Waals surface area contributed by atoms with E-state index in [9.17, 15) is 9.59 Å². The van der Waals surface area contributed by atoms with Crippen molar-refractivity contribution in [1.82, 2.24) is 35.0 Å². The van der Waals surface area contributed by atoms with Crippen LogP contribution >= 0.6 is 0 Å². The molecule has 0 spiro atoms. The average molecular weight is 498 g/mol.